The first-order valence-electron chi connectivity index (χ1n) is 9.35. The number of benzene rings is 2. The summed E-state index contributed by atoms with van der Waals surface area (Å²) in [7, 11) is 0. The lowest BCUT2D eigenvalue weighted by Gasteiger charge is -1.99. The molecule has 0 aliphatic rings. The first-order chi connectivity index (χ1) is 14.7. The van der Waals surface area contributed by atoms with Crippen LogP contribution in [0.25, 0.3) is 17.5 Å². The van der Waals surface area contributed by atoms with Gasteiger partial charge in [0.05, 0.1) is 12.7 Å². The highest BCUT2D eigenvalue weighted by Gasteiger charge is 2.11. The number of ether oxygens (including phenoxy) is 1. The lowest BCUT2D eigenvalue weighted by atomic mass is 10.1. The van der Waals surface area contributed by atoms with Gasteiger partial charge in [-0.15, -0.1) is 5.10 Å². The van der Waals surface area contributed by atoms with Crippen LogP contribution in [0.15, 0.2) is 71.4 Å². The fourth-order valence-corrected chi connectivity index (χ4v) is 2.82. The molecule has 2 aromatic carbocycles. The van der Waals surface area contributed by atoms with E-state index in [1.54, 1.807) is 17.0 Å². The minimum absolute atomic E-state index is 0.108. The van der Waals surface area contributed by atoms with Crippen LogP contribution in [0, 0.1) is 6.92 Å². The molecule has 0 radical (unpaired) electrons. The van der Waals surface area contributed by atoms with E-state index in [1.807, 2.05) is 61.5 Å². The Labute approximate surface area is 172 Å². The van der Waals surface area contributed by atoms with Gasteiger partial charge in [0.2, 0.25) is 5.82 Å². The number of carbonyl (C=O) groups is 1. The molecule has 0 N–H and O–H groups in total. The predicted octanol–water partition coefficient (Wildman–Crippen LogP) is 3.44. The molecule has 30 heavy (non-hydrogen) atoms. The molecule has 0 unspecified atom stereocenters. The maximum absolute atomic E-state index is 12.0. The van der Waals surface area contributed by atoms with Gasteiger partial charge in [-0.25, -0.2) is 9.48 Å². The van der Waals surface area contributed by atoms with Crippen molar-refractivity contribution in [2.24, 2.45) is 0 Å². The van der Waals surface area contributed by atoms with Gasteiger partial charge in [0.15, 0.2) is 6.61 Å². The Balaban J connectivity index is 1.30. The molecule has 8 nitrogen and oxygen atoms in total. The quantitative estimate of drug-likeness (QED) is 0.346. The van der Waals surface area contributed by atoms with Crippen molar-refractivity contribution >= 4 is 12.0 Å². The largest absolute Gasteiger partial charge is 0.452 e. The molecular weight excluding hydrogens is 382 g/mol. The fraction of sp³-hybridized carbons (Fsp3) is 0.136. The average Bonchev–Trinajstić information content (AvgIpc) is 3.41. The van der Waals surface area contributed by atoms with Crippen molar-refractivity contribution in [3.63, 3.8) is 0 Å². The van der Waals surface area contributed by atoms with Crippen LogP contribution < -0.4 is 0 Å². The summed E-state index contributed by atoms with van der Waals surface area (Å²) in [5.74, 6) is 0.150. The van der Waals surface area contributed by atoms with Gasteiger partial charge in [0.1, 0.15) is 5.69 Å². The van der Waals surface area contributed by atoms with E-state index in [9.17, 15) is 4.79 Å². The number of aryl methyl sites for hydroxylation is 1. The second-order valence-electron chi connectivity index (χ2n) is 6.59. The van der Waals surface area contributed by atoms with Crippen molar-refractivity contribution in [2.75, 3.05) is 0 Å². The van der Waals surface area contributed by atoms with Gasteiger partial charge in [-0.3, -0.25) is 0 Å². The lowest BCUT2D eigenvalue weighted by molar-refractivity contribution is -0.139. The van der Waals surface area contributed by atoms with Crippen LogP contribution in [0.4, 0.5) is 0 Å². The molecule has 2 heterocycles. The van der Waals surface area contributed by atoms with Gasteiger partial charge < -0.3 is 9.26 Å². The molecule has 2 aromatic heterocycles. The van der Waals surface area contributed by atoms with E-state index in [4.69, 9.17) is 9.26 Å². The second kappa shape index (κ2) is 8.95. The van der Waals surface area contributed by atoms with Gasteiger partial charge in [0.25, 0.3) is 5.89 Å². The molecule has 4 rings (SSSR count). The highest BCUT2D eigenvalue weighted by molar-refractivity contribution is 5.86. The van der Waals surface area contributed by atoms with Crippen LogP contribution in [-0.2, 0) is 22.7 Å². The first-order valence-corrected chi connectivity index (χ1v) is 9.35. The number of hydrogen-bond acceptors (Lipinski definition) is 7. The fourth-order valence-electron chi connectivity index (χ4n) is 2.82. The molecule has 0 fully saturated rings. The zero-order chi connectivity index (χ0) is 20.8. The minimum Gasteiger partial charge on any atom is -0.452 e. The van der Waals surface area contributed by atoms with Crippen molar-refractivity contribution in [1.82, 2.24) is 25.1 Å². The number of rotatable bonds is 7. The normalized spacial score (nSPS) is 11.1. The third-order valence-corrected chi connectivity index (χ3v) is 4.33. The number of hydrogen-bond donors (Lipinski definition) is 0. The number of carbonyl (C=O) groups excluding carboxylic acids is 1. The molecule has 0 saturated carbocycles. The van der Waals surface area contributed by atoms with Crippen LogP contribution in [0.2, 0.25) is 0 Å². The van der Waals surface area contributed by atoms with Gasteiger partial charge in [-0.2, -0.15) is 4.98 Å². The van der Waals surface area contributed by atoms with E-state index >= 15 is 0 Å². The third-order valence-electron chi connectivity index (χ3n) is 4.33. The van der Waals surface area contributed by atoms with E-state index in [0.717, 1.165) is 16.7 Å². The van der Waals surface area contributed by atoms with Crippen molar-refractivity contribution in [3.8, 4) is 11.4 Å². The average molecular weight is 401 g/mol. The van der Waals surface area contributed by atoms with E-state index in [1.165, 1.54) is 6.08 Å². The Hall–Kier alpha value is -4.07. The maximum atomic E-state index is 12.0. The van der Waals surface area contributed by atoms with Crippen molar-refractivity contribution in [1.29, 1.82) is 0 Å². The number of aromatic nitrogens is 5. The summed E-state index contributed by atoms with van der Waals surface area (Å²) in [4.78, 5) is 16.2. The summed E-state index contributed by atoms with van der Waals surface area (Å²) < 4.78 is 12.0. The molecule has 0 amide bonds. The van der Waals surface area contributed by atoms with Crippen LogP contribution in [0.1, 0.15) is 22.7 Å². The zero-order valence-electron chi connectivity index (χ0n) is 16.3. The Kier molecular flexibility index (Phi) is 5.75. The Morgan fingerprint density at radius 2 is 1.93 bits per heavy atom. The number of nitrogens with zero attached hydrogens (tertiary/aromatic N) is 5. The molecule has 0 spiro atoms. The first kappa shape index (κ1) is 19.3. The molecule has 0 bridgehead atoms. The standard InChI is InChI=1S/C22H19N5O3/c1-16-7-5-6-10-19(16)22-23-20(30-25-22)15-29-21(28)12-11-18-14-27(26-24-18)13-17-8-3-2-4-9-17/h2-12,14H,13,15H2,1H3/b12-11+. The van der Waals surface area contributed by atoms with Crippen molar-refractivity contribution < 1.29 is 14.1 Å². The van der Waals surface area contributed by atoms with Gasteiger partial charge in [-0.1, -0.05) is 65.0 Å². The van der Waals surface area contributed by atoms with Crippen molar-refractivity contribution in [2.45, 2.75) is 20.1 Å². The molecule has 0 aliphatic heterocycles. The van der Waals surface area contributed by atoms with Crippen LogP contribution in [0.3, 0.4) is 0 Å². The SMILES string of the molecule is Cc1ccccc1-c1noc(COC(=O)/C=C/c2cn(Cc3ccccc3)nn2)n1. The minimum atomic E-state index is -0.539. The molecule has 0 atom stereocenters. The molecule has 0 saturated heterocycles. The Morgan fingerprint density at radius 3 is 2.77 bits per heavy atom. The Morgan fingerprint density at radius 1 is 1.13 bits per heavy atom. The predicted molar refractivity (Wildman–Crippen MR) is 109 cm³/mol. The van der Waals surface area contributed by atoms with E-state index in [-0.39, 0.29) is 12.5 Å². The molecule has 4 aromatic rings. The zero-order valence-corrected chi connectivity index (χ0v) is 16.3. The van der Waals surface area contributed by atoms with E-state index < -0.39 is 5.97 Å². The highest BCUT2D eigenvalue weighted by atomic mass is 16.6. The van der Waals surface area contributed by atoms with Crippen LogP contribution >= 0.6 is 0 Å². The second-order valence-corrected chi connectivity index (χ2v) is 6.59. The summed E-state index contributed by atoms with van der Waals surface area (Å²) in [6.45, 7) is 2.46. The summed E-state index contributed by atoms with van der Waals surface area (Å²) in [6, 6.07) is 17.6. The van der Waals surface area contributed by atoms with Gasteiger partial charge >= 0.3 is 5.97 Å². The van der Waals surface area contributed by atoms with Gasteiger partial charge in [0, 0.05) is 11.6 Å². The summed E-state index contributed by atoms with van der Waals surface area (Å²) in [5.41, 5.74) is 3.58. The highest BCUT2D eigenvalue weighted by Crippen LogP contribution is 2.19. The van der Waals surface area contributed by atoms with Gasteiger partial charge in [-0.05, 0) is 24.1 Å². The maximum Gasteiger partial charge on any atom is 0.331 e. The third kappa shape index (κ3) is 4.85. The molecule has 8 heteroatoms. The van der Waals surface area contributed by atoms with E-state index in [0.29, 0.717) is 18.1 Å². The van der Waals surface area contributed by atoms with Crippen molar-refractivity contribution in [3.05, 3.63) is 89.6 Å². The smallest absolute Gasteiger partial charge is 0.331 e. The van der Waals surface area contributed by atoms with E-state index in [2.05, 4.69) is 20.5 Å². The lowest BCUT2D eigenvalue weighted by Crippen LogP contribution is -2.01. The molecule has 150 valence electrons. The summed E-state index contributed by atoms with van der Waals surface area (Å²) in [5, 5.41) is 12.0. The number of esters is 1. The van der Waals surface area contributed by atoms with Crippen LogP contribution in [-0.4, -0.2) is 31.1 Å². The summed E-state index contributed by atoms with van der Waals surface area (Å²) >= 11 is 0. The monoisotopic (exact) mass is 401 g/mol. The van der Waals surface area contributed by atoms with Crippen LogP contribution in [0.5, 0.6) is 0 Å². The Bertz CT molecular complexity index is 1160. The molecule has 0 aliphatic carbocycles. The summed E-state index contributed by atoms with van der Waals surface area (Å²) in [6.07, 6.45) is 4.59. The molecular formula is C22H19N5O3. The topological polar surface area (TPSA) is 95.9 Å².